The Hall–Kier alpha value is -2.67. The van der Waals surface area contributed by atoms with E-state index in [2.05, 4.69) is 52.5 Å². The van der Waals surface area contributed by atoms with E-state index in [1.807, 2.05) is 29.7 Å². The molecular weight excluding hydrogens is 346 g/mol. The number of carbonyl (C=O) groups is 1. The molecule has 0 aliphatic heterocycles. The van der Waals surface area contributed by atoms with Crippen LogP contribution >= 0.6 is 11.8 Å². The summed E-state index contributed by atoms with van der Waals surface area (Å²) in [5, 5.41) is 12.0. The van der Waals surface area contributed by atoms with E-state index in [0.29, 0.717) is 11.7 Å². The average molecular weight is 367 g/mol. The molecule has 0 saturated carbocycles. The lowest BCUT2D eigenvalue weighted by Gasteiger charge is -2.12. The summed E-state index contributed by atoms with van der Waals surface area (Å²) >= 11 is 1.38. The first-order valence-corrected chi connectivity index (χ1v) is 9.32. The summed E-state index contributed by atoms with van der Waals surface area (Å²) in [4.78, 5) is 16.3. The molecule has 0 aliphatic carbocycles. The first-order chi connectivity index (χ1) is 12.5. The number of aromatic nitrogens is 4. The van der Waals surface area contributed by atoms with Crippen molar-refractivity contribution in [3.63, 3.8) is 0 Å². The van der Waals surface area contributed by atoms with E-state index < -0.39 is 0 Å². The molecule has 3 aromatic rings. The zero-order chi connectivity index (χ0) is 18.5. The molecule has 2 heterocycles. The minimum absolute atomic E-state index is 0.0613. The normalized spacial score (nSPS) is 10.7. The van der Waals surface area contributed by atoms with Gasteiger partial charge in [-0.15, -0.1) is 10.2 Å². The largest absolute Gasteiger partial charge is 0.350 e. The number of amides is 1. The van der Waals surface area contributed by atoms with Crippen LogP contribution in [0, 0.1) is 20.8 Å². The van der Waals surface area contributed by atoms with Crippen molar-refractivity contribution < 1.29 is 4.79 Å². The third-order valence-corrected chi connectivity index (χ3v) is 4.85. The van der Waals surface area contributed by atoms with Crippen molar-refractivity contribution in [1.82, 2.24) is 25.1 Å². The van der Waals surface area contributed by atoms with E-state index in [4.69, 9.17) is 0 Å². The van der Waals surface area contributed by atoms with Gasteiger partial charge in [0, 0.05) is 6.20 Å². The van der Waals surface area contributed by atoms with Gasteiger partial charge < -0.3 is 5.32 Å². The highest BCUT2D eigenvalue weighted by Crippen LogP contribution is 2.24. The molecule has 0 spiro atoms. The van der Waals surface area contributed by atoms with Crippen LogP contribution in [0.2, 0.25) is 0 Å². The Morgan fingerprint density at radius 1 is 1.15 bits per heavy atom. The maximum atomic E-state index is 12.1. The Bertz CT molecular complexity index is 908. The van der Waals surface area contributed by atoms with Crippen LogP contribution < -0.4 is 5.32 Å². The van der Waals surface area contributed by atoms with Gasteiger partial charge in [0.05, 0.1) is 23.7 Å². The summed E-state index contributed by atoms with van der Waals surface area (Å²) in [7, 11) is 0. The van der Waals surface area contributed by atoms with E-state index >= 15 is 0 Å². The number of carbonyl (C=O) groups excluding carboxylic acids is 1. The molecule has 0 bridgehead atoms. The van der Waals surface area contributed by atoms with E-state index in [-0.39, 0.29) is 11.7 Å². The summed E-state index contributed by atoms with van der Waals surface area (Å²) in [6.07, 6.45) is 1.71. The van der Waals surface area contributed by atoms with Crippen LogP contribution in [0.1, 0.15) is 22.6 Å². The molecular formula is C19H21N5OS. The van der Waals surface area contributed by atoms with Crippen LogP contribution in [-0.4, -0.2) is 31.4 Å². The number of nitrogens with one attached hydrogen (secondary N) is 1. The zero-order valence-electron chi connectivity index (χ0n) is 15.1. The molecule has 0 saturated heterocycles. The molecule has 134 valence electrons. The van der Waals surface area contributed by atoms with Crippen LogP contribution in [-0.2, 0) is 11.3 Å². The van der Waals surface area contributed by atoms with Crippen LogP contribution in [0.15, 0.2) is 47.8 Å². The highest BCUT2D eigenvalue weighted by atomic mass is 32.2. The van der Waals surface area contributed by atoms with Crippen molar-refractivity contribution in [3.8, 4) is 5.69 Å². The van der Waals surface area contributed by atoms with Gasteiger partial charge in [-0.3, -0.25) is 14.3 Å². The molecule has 0 atom stereocenters. The minimum atomic E-state index is -0.0613. The molecule has 1 N–H and O–H groups in total. The topological polar surface area (TPSA) is 72.7 Å². The van der Waals surface area contributed by atoms with Crippen molar-refractivity contribution in [2.24, 2.45) is 0 Å². The Labute approximate surface area is 157 Å². The summed E-state index contributed by atoms with van der Waals surface area (Å²) in [6.45, 7) is 6.45. The number of benzene rings is 1. The molecule has 0 unspecified atom stereocenters. The van der Waals surface area contributed by atoms with Gasteiger partial charge >= 0.3 is 0 Å². The lowest BCUT2D eigenvalue weighted by molar-refractivity contribution is -0.118. The Morgan fingerprint density at radius 2 is 2.00 bits per heavy atom. The van der Waals surface area contributed by atoms with Crippen molar-refractivity contribution in [3.05, 3.63) is 65.2 Å². The first-order valence-electron chi connectivity index (χ1n) is 8.33. The average Bonchev–Trinajstić information content (AvgIpc) is 3.01. The molecule has 2 aromatic heterocycles. The Morgan fingerprint density at radius 3 is 2.77 bits per heavy atom. The summed E-state index contributed by atoms with van der Waals surface area (Å²) in [6, 6.07) is 11.9. The highest BCUT2D eigenvalue weighted by molar-refractivity contribution is 7.99. The number of rotatable bonds is 6. The number of aryl methyl sites for hydroxylation is 3. The van der Waals surface area contributed by atoms with Gasteiger partial charge in [0.1, 0.15) is 5.82 Å². The second-order valence-corrected chi connectivity index (χ2v) is 6.98. The molecule has 0 fully saturated rings. The number of pyridine rings is 1. The number of thioether (sulfide) groups is 1. The summed E-state index contributed by atoms with van der Waals surface area (Å²) in [5.74, 6) is 1.01. The van der Waals surface area contributed by atoms with Crippen LogP contribution in [0.3, 0.4) is 0 Å². The second-order valence-electron chi connectivity index (χ2n) is 6.04. The quantitative estimate of drug-likeness (QED) is 0.678. The van der Waals surface area contributed by atoms with E-state index in [1.165, 1.54) is 17.3 Å². The third-order valence-electron chi connectivity index (χ3n) is 3.93. The molecule has 1 amide bonds. The van der Waals surface area contributed by atoms with Crippen LogP contribution in [0.25, 0.3) is 5.69 Å². The molecule has 3 rings (SSSR count). The minimum Gasteiger partial charge on any atom is -0.350 e. The van der Waals surface area contributed by atoms with Crippen molar-refractivity contribution in [1.29, 1.82) is 0 Å². The molecule has 0 radical (unpaired) electrons. The molecule has 1 aromatic carbocycles. The third kappa shape index (κ3) is 4.29. The van der Waals surface area contributed by atoms with Crippen molar-refractivity contribution in [2.75, 3.05) is 5.75 Å². The molecule has 0 aliphatic rings. The number of nitrogens with zero attached hydrogens (tertiary/aromatic N) is 4. The predicted molar refractivity (Wildman–Crippen MR) is 102 cm³/mol. The standard InChI is InChI=1S/C19H21N5OS/c1-13-7-8-14(2)17(10-13)24-15(3)22-23-19(24)26-12-18(25)21-11-16-6-4-5-9-20-16/h4-10H,11-12H2,1-3H3,(H,21,25). The predicted octanol–water partition coefficient (Wildman–Crippen LogP) is 3.00. The van der Waals surface area contributed by atoms with E-state index in [0.717, 1.165) is 22.8 Å². The van der Waals surface area contributed by atoms with Crippen LogP contribution in [0.4, 0.5) is 0 Å². The maximum Gasteiger partial charge on any atom is 0.230 e. The van der Waals surface area contributed by atoms with Crippen molar-refractivity contribution in [2.45, 2.75) is 32.5 Å². The highest BCUT2D eigenvalue weighted by Gasteiger charge is 2.15. The fourth-order valence-corrected chi connectivity index (χ4v) is 3.37. The smallest absolute Gasteiger partial charge is 0.230 e. The van der Waals surface area contributed by atoms with Gasteiger partial charge in [-0.2, -0.15) is 0 Å². The second kappa shape index (κ2) is 8.14. The SMILES string of the molecule is Cc1ccc(C)c(-n2c(C)nnc2SCC(=O)NCc2ccccn2)c1. The molecule has 26 heavy (non-hydrogen) atoms. The lowest BCUT2D eigenvalue weighted by Crippen LogP contribution is -2.25. The van der Waals surface area contributed by atoms with Gasteiger partial charge in [0.15, 0.2) is 5.16 Å². The van der Waals surface area contributed by atoms with E-state index in [1.54, 1.807) is 6.20 Å². The van der Waals surface area contributed by atoms with Gasteiger partial charge in [0.25, 0.3) is 0 Å². The fourth-order valence-electron chi connectivity index (χ4n) is 2.55. The monoisotopic (exact) mass is 367 g/mol. The Balaban J connectivity index is 1.67. The lowest BCUT2D eigenvalue weighted by atomic mass is 10.1. The van der Waals surface area contributed by atoms with Gasteiger partial charge in [0.2, 0.25) is 5.91 Å². The first kappa shape index (κ1) is 18.1. The zero-order valence-corrected chi connectivity index (χ0v) is 15.9. The van der Waals surface area contributed by atoms with Gasteiger partial charge in [-0.25, -0.2) is 0 Å². The van der Waals surface area contributed by atoms with Gasteiger partial charge in [-0.1, -0.05) is 30.0 Å². The van der Waals surface area contributed by atoms with Gasteiger partial charge in [-0.05, 0) is 50.1 Å². The summed E-state index contributed by atoms with van der Waals surface area (Å²) < 4.78 is 2.00. The number of hydrogen-bond acceptors (Lipinski definition) is 5. The fraction of sp³-hybridized carbons (Fsp3) is 0.263. The molecule has 6 nitrogen and oxygen atoms in total. The van der Waals surface area contributed by atoms with E-state index in [9.17, 15) is 4.79 Å². The Kier molecular flexibility index (Phi) is 5.68. The number of hydrogen-bond donors (Lipinski definition) is 1. The maximum absolute atomic E-state index is 12.1. The van der Waals surface area contributed by atoms with Crippen LogP contribution in [0.5, 0.6) is 0 Å². The van der Waals surface area contributed by atoms with Crippen molar-refractivity contribution >= 4 is 17.7 Å². The summed E-state index contributed by atoms with van der Waals surface area (Å²) in [5.41, 5.74) is 4.19. The molecule has 7 heteroatoms.